The van der Waals surface area contributed by atoms with Crippen LogP contribution in [0.3, 0.4) is 0 Å². The van der Waals surface area contributed by atoms with Crippen molar-refractivity contribution in [3.05, 3.63) is 86.8 Å². The maximum absolute atomic E-state index is 14.3. The van der Waals surface area contributed by atoms with Gasteiger partial charge in [0.15, 0.2) is 11.5 Å². The third kappa shape index (κ3) is 4.17. The lowest BCUT2D eigenvalue weighted by Crippen LogP contribution is -2.27. The lowest BCUT2D eigenvalue weighted by molar-refractivity contribution is 0.102. The van der Waals surface area contributed by atoms with Gasteiger partial charge in [0.1, 0.15) is 23.0 Å². The molecule has 168 valence electrons. The number of halogens is 3. The Hall–Kier alpha value is -3.79. The van der Waals surface area contributed by atoms with Gasteiger partial charge in [-0.15, -0.1) is 0 Å². The van der Waals surface area contributed by atoms with E-state index in [9.17, 15) is 18.4 Å². The molecule has 0 aliphatic rings. The second-order valence-corrected chi connectivity index (χ2v) is 7.70. The van der Waals surface area contributed by atoms with Crippen molar-refractivity contribution in [2.75, 3.05) is 19.5 Å². The minimum atomic E-state index is -0.968. The van der Waals surface area contributed by atoms with Crippen molar-refractivity contribution in [3.63, 3.8) is 0 Å². The molecule has 1 N–H and O–H groups in total. The van der Waals surface area contributed by atoms with Crippen molar-refractivity contribution in [2.24, 2.45) is 0 Å². The fourth-order valence-corrected chi connectivity index (χ4v) is 3.82. The maximum atomic E-state index is 14.3. The van der Waals surface area contributed by atoms with Gasteiger partial charge < -0.3 is 14.8 Å². The predicted molar refractivity (Wildman–Crippen MR) is 122 cm³/mol. The van der Waals surface area contributed by atoms with Gasteiger partial charge in [-0.3, -0.25) is 9.59 Å². The van der Waals surface area contributed by atoms with Gasteiger partial charge in [-0.1, -0.05) is 18.2 Å². The second-order valence-electron chi connectivity index (χ2n) is 6.85. The van der Waals surface area contributed by atoms with E-state index in [1.165, 1.54) is 14.2 Å². The molecule has 1 heterocycles. The SMILES string of the molecule is COc1ccc(-n2nc(C(=O)Nc3c(F)cc(F)cc3Br)c3ccccc3c2=O)c(OC)c1. The van der Waals surface area contributed by atoms with Crippen LogP contribution in [0.5, 0.6) is 11.5 Å². The van der Waals surface area contributed by atoms with Crippen LogP contribution in [0.2, 0.25) is 0 Å². The summed E-state index contributed by atoms with van der Waals surface area (Å²) >= 11 is 3.05. The minimum absolute atomic E-state index is 0.0165. The molecule has 3 aromatic carbocycles. The number of amides is 1. The molecule has 0 saturated heterocycles. The summed E-state index contributed by atoms with van der Waals surface area (Å²) in [5, 5.41) is 7.15. The van der Waals surface area contributed by atoms with Crippen molar-refractivity contribution in [3.8, 4) is 17.2 Å². The predicted octanol–water partition coefficient (Wildman–Crippen LogP) is 4.70. The van der Waals surface area contributed by atoms with E-state index in [0.717, 1.165) is 10.7 Å². The highest BCUT2D eigenvalue weighted by Gasteiger charge is 2.21. The van der Waals surface area contributed by atoms with E-state index in [4.69, 9.17) is 9.47 Å². The summed E-state index contributed by atoms with van der Waals surface area (Å²) < 4.78 is 39.3. The van der Waals surface area contributed by atoms with Gasteiger partial charge in [0.25, 0.3) is 11.5 Å². The summed E-state index contributed by atoms with van der Waals surface area (Å²) in [7, 11) is 2.91. The average Bonchev–Trinajstić information content (AvgIpc) is 2.81. The number of nitrogens with one attached hydrogen (secondary N) is 1. The van der Waals surface area contributed by atoms with Crippen LogP contribution in [0.4, 0.5) is 14.5 Å². The Morgan fingerprint density at radius 2 is 1.76 bits per heavy atom. The van der Waals surface area contributed by atoms with Gasteiger partial charge in [-0.05, 0) is 40.2 Å². The summed E-state index contributed by atoms with van der Waals surface area (Å²) in [5.74, 6) is -1.78. The first-order valence-electron chi connectivity index (χ1n) is 9.54. The number of ether oxygens (including phenoxy) is 2. The van der Waals surface area contributed by atoms with Crippen LogP contribution in [0.1, 0.15) is 10.5 Å². The van der Waals surface area contributed by atoms with Crippen LogP contribution < -0.4 is 20.3 Å². The molecule has 1 aromatic heterocycles. The molecule has 0 bridgehead atoms. The lowest BCUT2D eigenvalue weighted by Gasteiger charge is -2.15. The van der Waals surface area contributed by atoms with Crippen LogP contribution in [0.25, 0.3) is 16.5 Å². The molecule has 0 atom stereocenters. The largest absolute Gasteiger partial charge is 0.497 e. The lowest BCUT2D eigenvalue weighted by atomic mass is 10.1. The topological polar surface area (TPSA) is 82.5 Å². The quantitative estimate of drug-likeness (QED) is 0.416. The van der Waals surface area contributed by atoms with Crippen LogP contribution in [0, 0.1) is 11.6 Å². The monoisotopic (exact) mass is 515 g/mol. The highest BCUT2D eigenvalue weighted by molar-refractivity contribution is 9.10. The molecule has 33 heavy (non-hydrogen) atoms. The van der Waals surface area contributed by atoms with Crippen LogP contribution in [0.15, 0.2) is 63.9 Å². The number of hydrogen-bond donors (Lipinski definition) is 1. The molecule has 4 rings (SSSR count). The number of carbonyl (C=O) groups excluding carboxylic acids is 1. The van der Waals surface area contributed by atoms with Gasteiger partial charge in [0.2, 0.25) is 0 Å². The van der Waals surface area contributed by atoms with Gasteiger partial charge in [0.05, 0.1) is 25.3 Å². The maximum Gasteiger partial charge on any atom is 0.279 e. The highest BCUT2D eigenvalue weighted by Crippen LogP contribution is 2.29. The van der Waals surface area contributed by atoms with Crippen molar-refractivity contribution in [1.82, 2.24) is 9.78 Å². The molecule has 4 aromatic rings. The van der Waals surface area contributed by atoms with E-state index < -0.39 is 23.1 Å². The number of methoxy groups -OCH3 is 2. The number of hydrogen-bond acceptors (Lipinski definition) is 5. The van der Waals surface area contributed by atoms with E-state index in [-0.39, 0.29) is 38.1 Å². The molecule has 0 radical (unpaired) electrons. The summed E-state index contributed by atoms with van der Waals surface area (Å²) in [6.07, 6.45) is 0. The molecule has 0 aliphatic carbocycles. The van der Waals surface area contributed by atoms with Crippen LogP contribution in [-0.2, 0) is 0 Å². The highest BCUT2D eigenvalue weighted by atomic mass is 79.9. The number of carbonyl (C=O) groups is 1. The van der Waals surface area contributed by atoms with Crippen molar-refractivity contribution in [1.29, 1.82) is 0 Å². The summed E-state index contributed by atoms with van der Waals surface area (Å²) in [6.45, 7) is 0. The Morgan fingerprint density at radius 3 is 2.42 bits per heavy atom. The van der Waals surface area contributed by atoms with Crippen molar-refractivity contribution < 1.29 is 23.0 Å². The Morgan fingerprint density at radius 1 is 1.03 bits per heavy atom. The van der Waals surface area contributed by atoms with Gasteiger partial charge >= 0.3 is 0 Å². The Balaban J connectivity index is 1.91. The number of fused-ring (bicyclic) bond motifs is 1. The standard InChI is InChI=1S/C23H16BrF2N3O4/c1-32-13-7-8-18(19(11-13)33-2)29-23(31)15-6-4-3-5-14(15)20(28-29)22(30)27-21-16(24)9-12(25)10-17(21)26/h3-11H,1-2H3,(H,27,30). The number of nitrogens with zero attached hydrogens (tertiary/aromatic N) is 2. The second kappa shape index (κ2) is 8.99. The fourth-order valence-electron chi connectivity index (χ4n) is 3.31. The van der Waals surface area contributed by atoms with E-state index >= 15 is 0 Å². The van der Waals surface area contributed by atoms with Crippen molar-refractivity contribution >= 4 is 38.3 Å². The normalized spacial score (nSPS) is 10.8. The number of aromatic nitrogens is 2. The smallest absolute Gasteiger partial charge is 0.279 e. The third-order valence-corrected chi connectivity index (χ3v) is 5.51. The number of benzene rings is 3. The molecular formula is C23H16BrF2N3O4. The zero-order valence-electron chi connectivity index (χ0n) is 17.4. The average molecular weight is 516 g/mol. The molecule has 7 nitrogen and oxygen atoms in total. The van der Waals surface area contributed by atoms with Gasteiger partial charge in [0, 0.05) is 22.0 Å². The fraction of sp³-hybridized carbons (Fsp3) is 0.0870. The summed E-state index contributed by atoms with van der Waals surface area (Å²) in [6, 6.07) is 12.8. The van der Waals surface area contributed by atoms with Gasteiger partial charge in [-0.2, -0.15) is 9.78 Å². The first-order chi connectivity index (χ1) is 15.8. The Bertz CT molecular complexity index is 1430. The first kappa shape index (κ1) is 22.4. The summed E-state index contributed by atoms with van der Waals surface area (Å²) in [5.41, 5.74) is -0.609. The van der Waals surface area contributed by atoms with E-state index in [1.54, 1.807) is 42.5 Å². The molecule has 10 heteroatoms. The number of anilines is 1. The Labute approximate surface area is 194 Å². The molecular weight excluding hydrogens is 500 g/mol. The number of rotatable bonds is 5. The Kier molecular flexibility index (Phi) is 6.10. The van der Waals surface area contributed by atoms with Gasteiger partial charge in [-0.25, -0.2) is 8.78 Å². The zero-order chi connectivity index (χ0) is 23.7. The van der Waals surface area contributed by atoms with Crippen LogP contribution >= 0.6 is 15.9 Å². The first-order valence-corrected chi connectivity index (χ1v) is 10.3. The molecule has 0 spiro atoms. The minimum Gasteiger partial charge on any atom is -0.497 e. The van der Waals surface area contributed by atoms with Crippen molar-refractivity contribution in [2.45, 2.75) is 0 Å². The van der Waals surface area contributed by atoms with Crippen LogP contribution in [-0.4, -0.2) is 29.9 Å². The molecule has 0 saturated carbocycles. The molecule has 0 aliphatic heterocycles. The molecule has 0 fully saturated rings. The molecule has 0 unspecified atom stereocenters. The molecule has 1 amide bonds. The summed E-state index contributed by atoms with van der Waals surface area (Å²) in [4.78, 5) is 26.3. The van der Waals surface area contributed by atoms with E-state index in [1.807, 2.05) is 0 Å². The third-order valence-electron chi connectivity index (χ3n) is 4.88. The van der Waals surface area contributed by atoms with E-state index in [0.29, 0.717) is 11.8 Å². The zero-order valence-corrected chi connectivity index (χ0v) is 18.9. The van der Waals surface area contributed by atoms with E-state index in [2.05, 4.69) is 26.3 Å².